The van der Waals surface area contributed by atoms with Gasteiger partial charge in [0.25, 0.3) is 0 Å². The monoisotopic (exact) mass is 237 g/mol. The highest BCUT2D eigenvalue weighted by molar-refractivity contribution is 7.85. The second kappa shape index (κ2) is 9.12. The summed E-state index contributed by atoms with van der Waals surface area (Å²) in [5.74, 6) is -0.414. The molecule has 0 N–H and O–H groups in total. The van der Waals surface area contributed by atoms with Gasteiger partial charge < -0.3 is 9.29 Å². The Hall–Kier alpha value is -0.130. The zero-order valence-electron chi connectivity index (χ0n) is 9.41. The molecule has 0 aliphatic rings. The predicted molar refractivity (Wildman–Crippen MR) is 58.8 cm³/mol. The largest absolute Gasteiger partial charge is 0.748 e. The molecule has 0 saturated carbocycles. The molecule has 0 atom stereocenters. The number of rotatable bonds is 10. The van der Waals surface area contributed by atoms with Crippen LogP contribution in [0.25, 0.3) is 0 Å². The number of unbranched alkanes of at least 4 members (excludes halogenated alkanes) is 5. The van der Waals surface area contributed by atoms with Gasteiger partial charge in [0.05, 0.1) is 22.5 Å². The molecule has 0 aromatic heterocycles. The summed E-state index contributed by atoms with van der Waals surface area (Å²) in [5, 5.41) is 0. The molecule has 0 saturated heterocycles. The standard InChI is InChI=1S/C10H22O4S/c1-2-3-4-5-6-7-8-14-9-10-15(11,12)13/h2-10H2,1H3,(H,11,12,13)/p-1. The maximum absolute atomic E-state index is 10.2. The van der Waals surface area contributed by atoms with E-state index in [0.717, 1.165) is 12.8 Å². The first-order chi connectivity index (χ1) is 7.06. The van der Waals surface area contributed by atoms with Crippen LogP contribution in [0.15, 0.2) is 0 Å². The molecule has 0 amide bonds. The van der Waals surface area contributed by atoms with Crippen LogP contribution >= 0.6 is 0 Å². The molecule has 0 radical (unpaired) electrons. The van der Waals surface area contributed by atoms with Crippen LogP contribution in [0.4, 0.5) is 0 Å². The van der Waals surface area contributed by atoms with E-state index in [1.165, 1.54) is 25.7 Å². The van der Waals surface area contributed by atoms with Crippen LogP contribution in [0, 0.1) is 0 Å². The van der Waals surface area contributed by atoms with Crippen molar-refractivity contribution < 1.29 is 17.7 Å². The summed E-state index contributed by atoms with van der Waals surface area (Å²) in [7, 11) is -4.10. The van der Waals surface area contributed by atoms with Gasteiger partial charge in [-0.2, -0.15) is 0 Å². The Labute approximate surface area is 92.8 Å². The summed E-state index contributed by atoms with van der Waals surface area (Å²) >= 11 is 0. The first-order valence-corrected chi connectivity index (χ1v) is 7.15. The van der Waals surface area contributed by atoms with E-state index >= 15 is 0 Å². The summed E-state index contributed by atoms with van der Waals surface area (Å²) in [5.41, 5.74) is 0. The fourth-order valence-corrected chi connectivity index (χ4v) is 1.57. The Morgan fingerprint density at radius 1 is 1.00 bits per heavy atom. The van der Waals surface area contributed by atoms with E-state index in [1.54, 1.807) is 0 Å². The Bertz CT molecular complexity index is 224. The Kier molecular flexibility index (Phi) is 9.04. The summed E-state index contributed by atoms with van der Waals surface area (Å²) in [6.07, 6.45) is 7.03. The van der Waals surface area contributed by atoms with E-state index in [0.29, 0.717) is 6.61 Å². The minimum Gasteiger partial charge on any atom is -0.748 e. The first kappa shape index (κ1) is 14.9. The van der Waals surface area contributed by atoms with Gasteiger partial charge in [0.1, 0.15) is 0 Å². The summed E-state index contributed by atoms with van der Waals surface area (Å²) in [6, 6.07) is 0. The van der Waals surface area contributed by atoms with Crippen molar-refractivity contribution in [2.24, 2.45) is 0 Å². The molecule has 0 heterocycles. The molecule has 0 aliphatic heterocycles. The minimum atomic E-state index is -4.10. The van der Waals surface area contributed by atoms with Gasteiger partial charge in [-0.05, 0) is 6.42 Å². The molecule has 5 heteroatoms. The Balaban J connectivity index is 3.06. The lowest BCUT2D eigenvalue weighted by molar-refractivity contribution is 0.143. The second-order valence-corrected chi connectivity index (χ2v) is 5.17. The molecule has 15 heavy (non-hydrogen) atoms. The van der Waals surface area contributed by atoms with Crippen LogP contribution in [0.1, 0.15) is 45.4 Å². The zero-order valence-corrected chi connectivity index (χ0v) is 10.2. The van der Waals surface area contributed by atoms with Crippen LogP contribution < -0.4 is 0 Å². The lowest BCUT2D eigenvalue weighted by Gasteiger charge is -2.07. The third-order valence-corrected chi connectivity index (χ3v) is 2.79. The smallest absolute Gasteiger partial charge is 0.0968 e. The molecular weight excluding hydrogens is 216 g/mol. The van der Waals surface area contributed by atoms with Gasteiger partial charge in [-0.25, -0.2) is 8.42 Å². The molecule has 4 nitrogen and oxygen atoms in total. The minimum absolute atomic E-state index is 0.0286. The molecule has 0 aromatic rings. The Morgan fingerprint density at radius 3 is 2.20 bits per heavy atom. The van der Waals surface area contributed by atoms with Gasteiger partial charge in [0, 0.05) is 6.61 Å². The highest BCUT2D eigenvalue weighted by Gasteiger charge is 1.95. The summed E-state index contributed by atoms with van der Waals surface area (Å²) in [4.78, 5) is 0. The van der Waals surface area contributed by atoms with Gasteiger partial charge in [-0.1, -0.05) is 39.0 Å². The van der Waals surface area contributed by atoms with Crippen LogP contribution in [-0.4, -0.2) is 31.9 Å². The third-order valence-electron chi connectivity index (χ3n) is 2.12. The number of ether oxygens (including phenoxy) is 1. The molecule has 0 aliphatic carbocycles. The topological polar surface area (TPSA) is 66.4 Å². The average molecular weight is 237 g/mol. The maximum Gasteiger partial charge on any atom is 0.0968 e. The zero-order chi connectivity index (χ0) is 11.6. The van der Waals surface area contributed by atoms with Crippen molar-refractivity contribution in [3.05, 3.63) is 0 Å². The molecule has 0 fully saturated rings. The lowest BCUT2D eigenvalue weighted by atomic mass is 10.1. The first-order valence-electron chi connectivity index (χ1n) is 5.57. The van der Waals surface area contributed by atoms with Crippen molar-refractivity contribution in [3.63, 3.8) is 0 Å². The van der Waals surface area contributed by atoms with E-state index in [-0.39, 0.29) is 6.61 Å². The normalized spacial score (nSPS) is 11.9. The van der Waals surface area contributed by atoms with Crippen molar-refractivity contribution in [1.82, 2.24) is 0 Å². The Morgan fingerprint density at radius 2 is 1.60 bits per heavy atom. The fourth-order valence-electron chi connectivity index (χ4n) is 1.25. The SMILES string of the molecule is CCCCCCCCOCCS(=O)(=O)[O-]. The maximum atomic E-state index is 10.2. The van der Waals surface area contributed by atoms with Crippen LogP contribution in [0.5, 0.6) is 0 Å². The van der Waals surface area contributed by atoms with Gasteiger partial charge in [0.15, 0.2) is 0 Å². The van der Waals surface area contributed by atoms with Gasteiger partial charge in [-0.3, -0.25) is 0 Å². The van der Waals surface area contributed by atoms with Crippen LogP contribution in [0.3, 0.4) is 0 Å². The molecule has 0 unspecified atom stereocenters. The van der Waals surface area contributed by atoms with Crippen molar-refractivity contribution in [2.75, 3.05) is 19.0 Å². The van der Waals surface area contributed by atoms with E-state index in [4.69, 9.17) is 4.74 Å². The molecule has 0 spiro atoms. The fraction of sp³-hybridized carbons (Fsp3) is 1.00. The van der Waals surface area contributed by atoms with Crippen molar-refractivity contribution >= 4 is 10.1 Å². The van der Waals surface area contributed by atoms with Crippen molar-refractivity contribution in [2.45, 2.75) is 45.4 Å². The average Bonchev–Trinajstić information content (AvgIpc) is 2.14. The van der Waals surface area contributed by atoms with E-state index < -0.39 is 15.9 Å². The molecule has 0 bridgehead atoms. The molecule has 0 aromatic carbocycles. The van der Waals surface area contributed by atoms with Crippen molar-refractivity contribution in [1.29, 1.82) is 0 Å². The second-order valence-electron chi connectivity index (χ2n) is 3.64. The summed E-state index contributed by atoms with van der Waals surface area (Å²) < 4.78 is 35.6. The number of hydrogen-bond donors (Lipinski definition) is 0. The summed E-state index contributed by atoms with van der Waals surface area (Å²) in [6.45, 7) is 2.76. The molecule has 92 valence electrons. The van der Waals surface area contributed by atoms with E-state index in [9.17, 15) is 13.0 Å². The van der Waals surface area contributed by atoms with Gasteiger partial charge in [0.2, 0.25) is 0 Å². The van der Waals surface area contributed by atoms with E-state index in [1.807, 2.05) is 0 Å². The highest BCUT2D eigenvalue weighted by Crippen LogP contribution is 2.04. The predicted octanol–water partition coefficient (Wildman–Crippen LogP) is 1.91. The van der Waals surface area contributed by atoms with Crippen molar-refractivity contribution in [3.8, 4) is 0 Å². The van der Waals surface area contributed by atoms with E-state index in [2.05, 4.69) is 6.92 Å². The molecular formula is C10H21O4S-. The molecule has 0 rings (SSSR count). The third kappa shape index (κ3) is 13.9. The number of hydrogen-bond acceptors (Lipinski definition) is 4. The van der Waals surface area contributed by atoms with Gasteiger partial charge >= 0.3 is 0 Å². The van der Waals surface area contributed by atoms with Gasteiger partial charge in [-0.15, -0.1) is 0 Å². The quantitative estimate of drug-likeness (QED) is 0.430. The lowest BCUT2D eigenvalue weighted by Crippen LogP contribution is -2.11. The highest BCUT2D eigenvalue weighted by atomic mass is 32.2. The van der Waals surface area contributed by atoms with Crippen LogP contribution in [-0.2, 0) is 14.9 Å². The van der Waals surface area contributed by atoms with Crippen LogP contribution in [0.2, 0.25) is 0 Å².